The van der Waals surface area contributed by atoms with Crippen LogP contribution in [0.25, 0.3) is 5.69 Å². The summed E-state index contributed by atoms with van der Waals surface area (Å²) in [5.41, 5.74) is 2.41. The van der Waals surface area contributed by atoms with E-state index in [9.17, 15) is 0 Å². The van der Waals surface area contributed by atoms with Crippen LogP contribution in [-0.4, -0.2) is 19.1 Å². The number of aromatic nitrogens is 4. The summed E-state index contributed by atoms with van der Waals surface area (Å²) in [7, 11) is 0. The summed E-state index contributed by atoms with van der Waals surface area (Å²) in [6.07, 6.45) is 11.6. The first-order chi connectivity index (χ1) is 9.86. The van der Waals surface area contributed by atoms with Crippen LogP contribution in [0.15, 0.2) is 55.4 Å². The van der Waals surface area contributed by atoms with Gasteiger partial charge in [0.05, 0.1) is 6.33 Å². The highest BCUT2D eigenvalue weighted by molar-refractivity contribution is 5.34. The van der Waals surface area contributed by atoms with E-state index in [0.717, 1.165) is 30.9 Å². The van der Waals surface area contributed by atoms with Crippen molar-refractivity contribution in [2.45, 2.75) is 26.3 Å². The Morgan fingerprint density at radius 2 is 1.90 bits per heavy atom. The summed E-state index contributed by atoms with van der Waals surface area (Å²) in [5.74, 6) is 1.16. The molecule has 0 aliphatic rings. The Hall–Kier alpha value is -2.36. The molecule has 0 fully saturated rings. The zero-order chi connectivity index (χ0) is 13.8. The Morgan fingerprint density at radius 3 is 2.60 bits per heavy atom. The fourth-order valence-corrected chi connectivity index (χ4v) is 2.32. The molecule has 0 saturated heterocycles. The molecule has 0 N–H and O–H groups in total. The average molecular weight is 266 g/mol. The second-order valence-electron chi connectivity index (χ2n) is 4.86. The maximum Gasteiger partial charge on any atom is 0.108 e. The molecule has 4 nitrogen and oxygen atoms in total. The zero-order valence-electron chi connectivity index (χ0n) is 11.6. The third-order valence-corrected chi connectivity index (χ3v) is 3.37. The van der Waals surface area contributed by atoms with Gasteiger partial charge >= 0.3 is 0 Å². The van der Waals surface area contributed by atoms with Gasteiger partial charge in [-0.05, 0) is 24.1 Å². The van der Waals surface area contributed by atoms with E-state index < -0.39 is 0 Å². The van der Waals surface area contributed by atoms with Gasteiger partial charge < -0.3 is 9.13 Å². The van der Waals surface area contributed by atoms with Crippen LogP contribution < -0.4 is 0 Å². The van der Waals surface area contributed by atoms with Gasteiger partial charge in [0.15, 0.2) is 0 Å². The van der Waals surface area contributed by atoms with Gasteiger partial charge in [0.25, 0.3) is 0 Å². The van der Waals surface area contributed by atoms with Gasteiger partial charge in [-0.2, -0.15) is 0 Å². The quantitative estimate of drug-likeness (QED) is 0.711. The Balaban J connectivity index is 1.76. The zero-order valence-corrected chi connectivity index (χ0v) is 11.6. The summed E-state index contributed by atoms with van der Waals surface area (Å²) >= 11 is 0. The SMILES string of the molecule is CCCc1nccn1Cc1ccc(-n2ccnc2)cc1. The third-order valence-electron chi connectivity index (χ3n) is 3.37. The van der Waals surface area contributed by atoms with Crippen molar-refractivity contribution >= 4 is 0 Å². The van der Waals surface area contributed by atoms with E-state index in [-0.39, 0.29) is 0 Å². The van der Waals surface area contributed by atoms with Crippen molar-refractivity contribution in [3.8, 4) is 5.69 Å². The molecule has 0 amide bonds. The molecule has 0 radical (unpaired) electrons. The summed E-state index contributed by atoms with van der Waals surface area (Å²) < 4.78 is 4.22. The van der Waals surface area contributed by atoms with Crippen LogP contribution in [0.3, 0.4) is 0 Å². The normalized spacial score (nSPS) is 10.8. The van der Waals surface area contributed by atoms with E-state index in [4.69, 9.17) is 0 Å². The van der Waals surface area contributed by atoms with Gasteiger partial charge in [-0.25, -0.2) is 9.97 Å². The van der Waals surface area contributed by atoms with Gasteiger partial charge in [0.2, 0.25) is 0 Å². The molecule has 0 atom stereocenters. The van der Waals surface area contributed by atoms with Crippen molar-refractivity contribution in [1.82, 2.24) is 19.1 Å². The molecule has 102 valence electrons. The van der Waals surface area contributed by atoms with Gasteiger partial charge in [-0.3, -0.25) is 0 Å². The summed E-state index contributed by atoms with van der Waals surface area (Å²) in [6, 6.07) is 8.55. The average Bonchev–Trinajstić information content (AvgIpc) is 3.13. The van der Waals surface area contributed by atoms with Crippen molar-refractivity contribution in [2.24, 2.45) is 0 Å². The molecule has 2 aromatic heterocycles. The molecule has 0 spiro atoms. The molecule has 0 saturated carbocycles. The number of aryl methyl sites for hydroxylation is 1. The first-order valence-electron chi connectivity index (χ1n) is 6.94. The molecule has 0 unspecified atom stereocenters. The first kappa shape index (κ1) is 12.7. The number of imidazole rings is 2. The highest BCUT2D eigenvalue weighted by Crippen LogP contribution is 2.12. The van der Waals surface area contributed by atoms with Crippen LogP contribution in [0.2, 0.25) is 0 Å². The molecule has 3 aromatic rings. The van der Waals surface area contributed by atoms with Crippen LogP contribution >= 0.6 is 0 Å². The predicted molar refractivity (Wildman–Crippen MR) is 78.9 cm³/mol. The van der Waals surface area contributed by atoms with Crippen molar-refractivity contribution in [3.05, 3.63) is 66.8 Å². The van der Waals surface area contributed by atoms with Crippen LogP contribution in [0.5, 0.6) is 0 Å². The minimum absolute atomic E-state index is 0.875. The fourth-order valence-electron chi connectivity index (χ4n) is 2.32. The predicted octanol–water partition coefficient (Wildman–Crippen LogP) is 3.07. The molecule has 4 heteroatoms. The Kier molecular flexibility index (Phi) is 3.63. The molecular formula is C16H18N4. The smallest absolute Gasteiger partial charge is 0.108 e. The molecule has 0 aliphatic heterocycles. The maximum absolute atomic E-state index is 4.41. The van der Waals surface area contributed by atoms with Crippen LogP contribution in [0, 0.1) is 0 Å². The van der Waals surface area contributed by atoms with Crippen molar-refractivity contribution < 1.29 is 0 Å². The van der Waals surface area contributed by atoms with E-state index in [2.05, 4.69) is 51.9 Å². The Labute approximate surface area is 118 Å². The van der Waals surface area contributed by atoms with Crippen molar-refractivity contribution in [1.29, 1.82) is 0 Å². The summed E-state index contributed by atoms with van der Waals surface area (Å²) in [6.45, 7) is 3.05. The minimum atomic E-state index is 0.875. The number of nitrogens with zero attached hydrogens (tertiary/aromatic N) is 4. The van der Waals surface area contributed by atoms with Gasteiger partial charge in [0.1, 0.15) is 5.82 Å². The molecule has 0 bridgehead atoms. The minimum Gasteiger partial charge on any atom is -0.331 e. The van der Waals surface area contributed by atoms with Crippen LogP contribution in [0.1, 0.15) is 24.7 Å². The third kappa shape index (κ3) is 2.64. The number of hydrogen-bond donors (Lipinski definition) is 0. The van der Waals surface area contributed by atoms with Gasteiger partial charge in [0, 0.05) is 43.4 Å². The standard InChI is InChI=1S/C16H18N4/c1-2-3-16-18-9-11-19(16)12-14-4-6-15(7-5-14)20-10-8-17-13-20/h4-11,13H,2-3,12H2,1H3. The lowest BCUT2D eigenvalue weighted by molar-refractivity contribution is 0.705. The Bertz CT molecular complexity index is 650. The molecule has 2 heterocycles. The molecule has 20 heavy (non-hydrogen) atoms. The van der Waals surface area contributed by atoms with E-state index in [1.54, 1.807) is 6.20 Å². The topological polar surface area (TPSA) is 35.6 Å². The number of benzene rings is 1. The van der Waals surface area contributed by atoms with E-state index in [1.807, 2.05) is 23.3 Å². The molecule has 0 aliphatic carbocycles. The molecule has 1 aromatic carbocycles. The highest BCUT2D eigenvalue weighted by atomic mass is 15.1. The highest BCUT2D eigenvalue weighted by Gasteiger charge is 2.03. The van der Waals surface area contributed by atoms with Crippen LogP contribution in [-0.2, 0) is 13.0 Å². The monoisotopic (exact) mass is 266 g/mol. The second kappa shape index (κ2) is 5.74. The van der Waals surface area contributed by atoms with Gasteiger partial charge in [-0.1, -0.05) is 19.1 Å². The van der Waals surface area contributed by atoms with Crippen molar-refractivity contribution in [3.63, 3.8) is 0 Å². The van der Waals surface area contributed by atoms with Crippen molar-refractivity contribution in [2.75, 3.05) is 0 Å². The summed E-state index contributed by atoms with van der Waals surface area (Å²) in [4.78, 5) is 8.48. The lowest BCUT2D eigenvalue weighted by Gasteiger charge is -2.08. The second-order valence-corrected chi connectivity index (χ2v) is 4.86. The summed E-state index contributed by atoms with van der Waals surface area (Å²) in [5, 5.41) is 0. The molecular weight excluding hydrogens is 248 g/mol. The largest absolute Gasteiger partial charge is 0.331 e. The number of rotatable bonds is 5. The van der Waals surface area contributed by atoms with Crippen LogP contribution in [0.4, 0.5) is 0 Å². The fraction of sp³-hybridized carbons (Fsp3) is 0.250. The molecule has 3 rings (SSSR count). The lowest BCUT2D eigenvalue weighted by Crippen LogP contribution is -2.04. The van der Waals surface area contributed by atoms with E-state index >= 15 is 0 Å². The van der Waals surface area contributed by atoms with E-state index in [1.165, 1.54) is 5.56 Å². The van der Waals surface area contributed by atoms with E-state index in [0.29, 0.717) is 0 Å². The van der Waals surface area contributed by atoms with Gasteiger partial charge in [-0.15, -0.1) is 0 Å². The Morgan fingerprint density at radius 1 is 1.05 bits per heavy atom. The number of hydrogen-bond acceptors (Lipinski definition) is 2. The maximum atomic E-state index is 4.41. The first-order valence-corrected chi connectivity index (χ1v) is 6.94. The lowest BCUT2D eigenvalue weighted by atomic mass is 10.2.